The van der Waals surface area contributed by atoms with Crippen molar-refractivity contribution in [1.29, 1.82) is 0 Å². The lowest BCUT2D eigenvalue weighted by Crippen LogP contribution is -2.63. The maximum atomic E-state index is 13.3. The van der Waals surface area contributed by atoms with Gasteiger partial charge in [0.1, 0.15) is 18.2 Å². The maximum absolute atomic E-state index is 13.3. The minimum atomic E-state index is -4.45. The molecule has 312 valence electrons. The zero-order chi connectivity index (χ0) is 42.1. The van der Waals surface area contributed by atoms with Crippen LogP contribution in [0.1, 0.15) is 131 Å². The Morgan fingerprint density at radius 3 is 1.85 bits per heavy atom. The zero-order valence-corrected chi connectivity index (χ0v) is 34.1. The molecule has 0 bridgehead atoms. The molecule has 3 unspecified atom stereocenters. The number of nitrogens with two attached hydrogens (primary N) is 1. The van der Waals surface area contributed by atoms with Gasteiger partial charge in [0.05, 0.1) is 11.6 Å². The Hall–Kier alpha value is -4.17. The van der Waals surface area contributed by atoms with Crippen LogP contribution < -0.4 is 21.7 Å². The van der Waals surface area contributed by atoms with E-state index in [1.54, 1.807) is 4.90 Å². The van der Waals surface area contributed by atoms with Crippen molar-refractivity contribution in [1.82, 2.24) is 20.9 Å². The largest absolute Gasteiger partial charge is 0.459 e. The lowest BCUT2D eigenvalue weighted by Gasteiger charge is -2.38. The third-order valence-corrected chi connectivity index (χ3v) is 9.15. The van der Waals surface area contributed by atoms with Gasteiger partial charge in [-0.15, -0.1) is 0 Å². The van der Waals surface area contributed by atoms with Crippen LogP contribution in [-0.2, 0) is 41.5 Å². The molecule has 1 heterocycles. The average Bonchev–Trinajstić information content (AvgIpc) is 3.76. The fraction of sp³-hybridized carbons (Fsp3) is 0.700. The van der Waals surface area contributed by atoms with Crippen molar-refractivity contribution in [2.45, 2.75) is 157 Å². The maximum Gasteiger partial charge on any atom is 0.416 e. The predicted octanol–water partition coefficient (Wildman–Crippen LogP) is 6.43. The minimum absolute atomic E-state index is 0.104. The second kappa shape index (κ2) is 22.4. The predicted molar refractivity (Wildman–Crippen MR) is 204 cm³/mol. The number of carbonyl (C=O) groups excluding carboxylic acids is 6. The van der Waals surface area contributed by atoms with Crippen molar-refractivity contribution in [3.63, 3.8) is 0 Å². The summed E-state index contributed by atoms with van der Waals surface area (Å²) in [5.74, 6) is -0.696. The topological polar surface area (TPSA) is 177 Å². The third-order valence-electron chi connectivity index (χ3n) is 9.15. The summed E-state index contributed by atoms with van der Waals surface area (Å²) in [7, 11) is 0. The Morgan fingerprint density at radius 1 is 0.927 bits per heavy atom. The number of amides is 5. The molecule has 1 aliphatic heterocycles. The van der Waals surface area contributed by atoms with Crippen molar-refractivity contribution in [3.05, 3.63) is 35.4 Å². The van der Waals surface area contributed by atoms with Crippen LogP contribution in [0, 0.1) is 17.3 Å². The molecule has 55 heavy (non-hydrogen) atoms. The molecule has 5 N–H and O–H groups in total. The van der Waals surface area contributed by atoms with Gasteiger partial charge in [0.25, 0.3) is 5.91 Å². The SMILES string of the molecule is CC(C)C.CC(NC=O)C(=O)C(N)=O.CC1CC1.CC1CCCN1C(=O)C(NC(=O)NC1(C(=O)OCc2ccc(C(F)(F)F)cc2)CCCCC1)C(C)(C)C. The summed E-state index contributed by atoms with van der Waals surface area (Å²) in [6.45, 7) is 18.2. The van der Waals surface area contributed by atoms with E-state index in [1.807, 2.05) is 27.7 Å². The van der Waals surface area contributed by atoms with Gasteiger partial charge in [0.2, 0.25) is 18.1 Å². The number of alkyl halides is 3. The van der Waals surface area contributed by atoms with Crippen molar-refractivity contribution in [2.75, 3.05) is 6.54 Å². The number of primary amides is 1. The van der Waals surface area contributed by atoms with Gasteiger partial charge in [-0.1, -0.05) is 92.7 Å². The molecule has 0 radical (unpaired) electrons. The van der Waals surface area contributed by atoms with Gasteiger partial charge in [-0.3, -0.25) is 19.2 Å². The molecule has 15 heteroatoms. The van der Waals surface area contributed by atoms with Crippen molar-refractivity contribution in [3.8, 4) is 0 Å². The Balaban J connectivity index is 0.000000689. The summed E-state index contributed by atoms with van der Waals surface area (Å²) in [6, 6.07) is 2.30. The van der Waals surface area contributed by atoms with E-state index in [2.05, 4.69) is 49.4 Å². The normalized spacial score (nSPS) is 18.6. The molecule has 1 aromatic rings. The number of ketones is 1. The highest BCUT2D eigenvalue weighted by atomic mass is 19.4. The number of rotatable bonds is 10. The smallest absolute Gasteiger partial charge is 0.416 e. The highest BCUT2D eigenvalue weighted by Crippen LogP contribution is 2.32. The highest BCUT2D eigenvalue weighted by Gasteiger charge is 2.44. The number of hydrogen-bond acceptors (Lipinski definition) is 7. The number of hydrogen-bond donors (Lipinski definition) is 4. The first-order valence-corrected chi connectivity index (χ1v) is 19.2. The van der Waals surface area contributed by atoms with E-state index in [0.717, 1.165) is 43.2 Å². The van der Waals surface area contributed by atoms with Gasteiger partial charge >= 0.3 is 18.2 Å². The van der Waals surface area contributed by atoms with Crippen molar-refractivity contribution in [2.24, 2.45) is 23.0 Å². The second-order valence-corrected chi connectivity index (χ2v) is 16.5. The standard InChI is InChI=1S/C27H38F3N3O4.C5H8N2O3.C4H8.C4H10/c1-18-9-8-16-33(18)22(34)21(25(2,3)4)31-24(36)32-26(14-6-5-7-15-26)23(35)37-17-19-10-12-20(13-11-19)27(28,29)30;1-3(7-2-8)4(9)5(6)10;1-4-2-3-4;1-4(2)3/h10-13,18,21H,5-9,14-17H2,1-4H3,(H2,31,32,36);2-3H,1H3,(H2,6,10)(H,7,8);4H,2-3H2,1H3;4H,1-3H3. The summed E-state index contributed by atoms with van der Waals surface area (Å²) in [4.78, 5) is 71.9. The molecule has 3 aliphatic rings. The van der Waals surface area contributed by atoms with Gasteiger partial charge in [0, 0.05) is 12.6 Å². The van der Waals surface area contributed by atoms with Crippen molar-refractivity contribution < 1.29 is 46.7 Å². The molecular formula is C40H64F3N5O7. The van der Waals surface area contributed by atoms with Gasteiger partial charge in [-0.2, -0.15) is 13.2 Å². The summed E-state index contributed by atoms with van der Waals surface area (Å²) in [6.07, 6.45) is 3.79. The number of carbonyl (C=O) groups is 6. The number of nitrogens with zero attached hydrogens (tertiary/aromatic N) is 1. The summed E-state index contributed by atoms with van der Waals surface area (Å²) in [5, 5.41) is 7.73. The molecule has 1 aromatic carbocycles. The number of nitrogens with one attached hydrogen (secondary N) is 3. The van der Waals surface area contributed by atoms with Crippen LogP contribution in [0.5, 0.6) is 0 Å². The van der Waals surface area contributed by atoms with Crippen LogP contribution in [0.15, 0.2) is 24.3 Å². The Bertz CT molecular complexity index is 1400. The average molecular weight is 784 g/mol. The molecule has 1 saturated heterocycles. The van der Waals surface area contributed by atoms with Crippen LogP contribution in [0.3, 0.4) is 0 Å². The Kier molecular flexibility index (Phi) is 19.9. The summed E-state index contributed by atoms with van der Waals surface area (Å²) < 4.78 is 43.9. The minimum Gasteiger partial charge on any atom is -0.459 e. The van der Waals surface area contributed by atoms with E-state index in [-0.39, 0.29) is 18.6 Å². The van der Waals surface area contributed by atoms with Crippen LogP contribution >= 0.6 is 0 Å². The lowest BCUT2D eigenvalue weighted by molar-refractivity contribution is -0.154. The first-order chi connectivity index (χ1) is 25.4. The molecule has 3 fully saturated rings. The Labute approximate surface area is 324 Å². The number of Topliss-reactive ketones (excluding diaryl/α,β-unsaturated/α-hetero) is 1. The number of ether oxygens (including phenoxy) is 1. The van der Waals surface area contributed by atoms with E-state index < -0.39 is 58.5 Å². The quantitative estimate of drug-likeness (QED) is 0.120. The van der Waals surface area contributed by atoms with Crippen LogP contribution in [0.4, 0.5) is 18.0 Å². The molecule has 2 aliphatic carbocycles. The highest BCUT2D eigenvalue weighted by molar-refractivity contribution is 6.37. The number of likely N-dealkylation sites (tertiary alicyclic amines) is 1. The van der Waals surface area contributed by atoms with Gasteiger partial charge in [0.15, 0.2) is 0 Å². The molecule has 2 saturated carbocycles. The lowest BCUT2D eigenvalue weighted by atomic mass is 9.81. The van der Waals surface area contributed by atoms with E-state index >= 15 is 0 Å². The summed E-state index contributed by atoms with van der Waals surface area (Å²) in [5.41, 5.74) is 2.43. The number of halogens is 3. The fourth-order valence-electron chi connectivity index (χ4n) is 5.63. The molecule has 3 atom stereocenters. The summed E-state index contributed by atoms with van der Waals surface area (Å²) >= 11 is 0. The second-order valence-electron chi connectivity index (χ2n) is 16.5. The number of urea groups is 1. The van der Waals surface area contributed by atoms with Crippen LogP contribution in [0.25, 0.3) is 0 Å². The number of benzene rings is 1. The van der Waals surface area contributed by atoms with E-state index in [0.29, 0.717) is 44.2 Å². The molecule has 12 nitrogen and oxygen atoms in total. The molecule has 0 spiro atoms. The van der Waals surface area contributed by atoms with Gasteiger partial charge in [-0.25, -0.2) is 9.59 Å². The van der Waals surface area contributed by atoms with E-state index in [4.69, 9.17) is 4.74 Å². The molecule has 0 aromatic heterocycles. The first kappa shape index (κ1) is 48.8. The van der Waals surface area contributed by atoms with E-state index in [9.17, 15) is 41.9 Å². The zero-order valence-electron chi connectivity index (χ0n) is 34.1. The number of esters is 1. The molecule has 5 amide bonds. The molecular weight excluding hydrogens is 719 g/mol. The van der Waals surface area contributed by atoms with Gasteiger partial charge in [-0.05, 0) is 74.5 Å². The van der Waals surface area contributed by atoms with E-state index in [1.165, 1.54) is 31.9 Å². The monoisotopic (exact) mass is 783 g/mol. The fourth-order valence-corrected chi connectivity index (χ4v) is 5.63. The Morgan fingerprint density at radius 2 is 1.45 bits per heavy atom. The van der Waals surface area contributed by atoms with Crippen molar-refractivity contribution >= 4 is 36.0 Å². The van der Waals surface area contributed by atoms with Crippen LogP contribution in [-0.4, -0.2) is 71.1 Å². The van der Waals surface area contributed by atoms with Crippen LogP contribution in [0.2, 0.25) is 0 Å². The third kappa shape index (κ3) is 17.9. The first-order valence-electron chi connectivity index (χ1n) is 19.2. The van der Waals surface area contributed by atoms with Gasteiger partial charge < -0.3 is 31.3 Å². The molecule has 4 rings (SSSR count).